The summed E-state index contributed by atoms with van der Waals surface area (Å²) in [5, 5.41) is 15.3. The average Bonchev–Trinajstić information content (AvgIpc) is 3.03. The highest BCUT2D eigenvalue weighted by atomic mass is 127. The maximum absolute atomic E-state index is 13.4. The Morgan fingerprint density at radius 1 is 0.660 bits per heavy atom. The van der Waals surface area contributed by atoms with Gasteiger partial charge < -0.3 is 37.1 Å². The minimum Gasteiger partial charge on any atom is -0.369 e. The van der Waals surface area contributed by atoms with Crippen LogP contribution in [0.1, 0.15) is 110 Å². The summed E-state index contributed by atoms with van der Waals surface area (Å²) in [7, 11) is 7.35. The topological polar surface area (TPSA) is 172 Å². The summed E-state index contributed by atoms with van der Waals surface area (Å²) in [6.07, 6.45) is 9.38. The van der Waals surface area contributed by atoms with Gasteiger partial charge in [0.25, 0.3) is 0 Å². The number of carbonyl (C=O) groups excluding carboxylic acids is 5. The van der Waals surface area contributed by atoms with E-state index in [1.165, 1.54) is 12.5 Å². The van der Waals surface area contributed by atoms with Crippen molar-refractivity contribution in [2.75, 3.05) is 45.7 Å². The molecule has 0 saturated heterocycles. The van der Waals surface area contributed by atoms with Crippen LogP contribution in [0.4, 0.5) is 0 Å². The number of ketones is 3. The molecule has 0 rings (SSSR count). The van der Waals surface area contributed by atoms with Gasteiger partial charge in [-0.3, -0.25) is 19.2 Å². The van der Waals surface area contributed by atoms with Crippen molar-refractivity contribution >= 4 is 51.8 Å². The number of alkyl halides is 1. The minimum atomic E-state index is -0.742. The summed E-state index contributed by atoms with van der Waals surface area (Å²) >= 11 is 2.28. The van der Waals surface area contributed by atoms with Crippen LogP contribution in [-0.2, 0) is 24.0 Å². The normalized spacial score (nSPS) is 13.4. The highest BCUT2D eigenvalue weighted by molar-refractivity contribution is 14.1. The van der Waals surface area contributed by atoms with Crippen LogP contribution in [-0.4, -0.2) is 93.0 Å². The van der Waals surface area contributed by atoms with Crippen molar-refractivity contribution in [3.05, 3.63) is 12.2 Å². The van der Waals surface area contributed by atoms with E-state index in [4.69, 9.17) is 5.73 Å². The van der Waals surface area contributed by atoms with E-state index in [-0.39, 0.29) is 35.7 Å². The van der Waals surface area contributed by atoms with Crippen LogP contribution in [0.15, 0.2) is 12.2 Å². The number of unbranched alkanes of at least 4 members (excludes halogenated alkanes) is 4. The van der Waals surface area contributed by atoms with Crippen LogP contribution in [0, 0.1) is 5.92 Å². The Labute approximate surface area is 299 Å². The number of nitrogens with one attached hydrogen (secondary N) is 5. The lowest BCUT2D eigenvalue weighted by Crippen LogP contribution is -2.50. The van der Waals surface area contributed by atoms with E-state index in [0.717, 1.165) is 56.0 Å². The predicted octanol–water partition coefficient (Wildman–Crippen LogP) is 3.76. The van der Waals surface area contributed by atoms with E-state index in [0.29, 0.717) is 51.4 Å². The Morgan fingerprint density at radius 3 is 1.64 bits per heavy atom. The first-order valence-electron chi connectivity index (χ1n) is 17.4. The first-order valence-corrected chi connectivity index (χ1v) is 18.9. The Bertz CT molecular complexity index is 904. The molecule has 4 atom stereocenters. The number of nitrogens with two attached hydrogens (primary N) is 1. The van der Waals surface area contributed by atoms with E-state index in [1.54, 1.807) is 7.05 Å². The Kier molecular flexibility index (Phi) is 31.8. The molecule has 0 heterocycles. The van der Waals surface area contributed by atoms with E-state index >= 15 is 0 Å². The molecule has 1 unspecified atom stereocenters. The largest absolute Gasteiger partial charge is 0.369 e. The van der Waals surface area contributed by atoms with Crippen LogP contribution in [0.2, 0.25) is 0 Å². The fraction of sp³-hybridized carbons (Fsp3) is 0.800. The molecule has 0 aliphatic rings. The molecule has 0 spiro atoms. The third-order valence-electron chi connectivity index (χ3n) is 8.02. The Hall–Kier alpha value is -1.74. The van der Waals surface area contributed by atoms with Crippen LogP contribution < -0.4 is 32.3 Å². The van der Waals surface area contributed by atoms with E-state index in [2.05, 4.69) is 55.8 Å². The number of likely N-dealkylation sites (N-methyl/N-ethyl adjacent to an activating group) is 2. The second-order valence-electron chi connectivity index (χ2n) is 12.5. The predicted molar refractivity (Wildman–Crippen MR) is 202 cm³/mol. The molecule has 0 bridgehead atoms. The van der Waals surface area contributed by atoms with Gasteiger partial charge in [0.05, 0.1) is 18.1 Å². The van der Waals surface area contributed by atoms with Crippen molar-refractivity contribution in [1.82, 2.24) is 26.6 Å². The zero-order valence-corrected chi connectivity index (χ0v) is 32.4. The lowest BCUT2D eigenvalue weighted by molar-refractivity contribution is -0.131. The van der Waals surface area contributed by atoms with Crippen LogP contribution in [0.5, 0.6) is 0 Å². The molecule has 47 heavy (non-hydrogen) atoms. The fourth-order valence-corrected chi connectivity index (χ4v) is 5.09. The standard InChI is InChI=1S/C31H60N6O5.C4H7I/c1-23(38)14-13-15-24(30(32)41)22-29(40)26(37-31(42)27(36-5)18-10-12-21-34-3)17-7-6-8-19-28(39)25(35-4)16-9-11-20-33-2;1-4(2)3-5/h24-27,33-36H,6-22H2,1-5H3,(H2,32,41)(H,37,42);1,3H2,2H3/t24?,25-,26-,27-;/m0./s1. The molecule has 11 nitrogen and oxygen atoms in total. The number of rotatable bonds is 30. The third-order valence-corrected chi connectivity index (χ3v) is 9.32. The first-order chi connectivity index (χ1) is 22.4. The molecule has 0 radical (unpaired) electrons. The lowest BCUT2D eigenvalue weighted by atomic mass is 9.90. The number of Topliss-reactive ketones (excluding diaryl/α,β-unsaturated/α-hetero) is 3. The molecule has 0 aromatic carbocycles. The van der Waals surface area contributed by atoms with Gasteiger partial charge in [-0.05, 0) is 106 Å². The molecule has 0 fully saturated rings. The lowest BCUT2D eigenvalue weighted by Gasteiger charge is -2.23. The van der Waals surface area contributed by atoms with Gasteiger partial charge >= 0.3 is 0 Å². The van der Waals surface area contributed by atoms with E-state index in [1.807, 2.05) is 28.1 Å². The fourth-order valence-electron chi connectivity index (χ4n) is 5.09. The van der Waals surface area contributed by atoms with Gasteiger partial charge in [-0.25, -0.2) is 0 Å². The summed E-state index contributed by atoms with van der Waals surface area (Å²) in [4.78, 5) is 62.5. The number of primary amides is 1. The van der Waals surface area contributed by atoms with Crippen molar-refractivity contribution in [3.63, 3.8) is 0 Å². The highest BCUT2D eigenvalue weighted by Gasteiger charge is 2.28. The van der Waals surface area contributed by atoms with Gasteiger partial charge in [-0.15, -0.1) is 0 Å². The summed E-state index contributed by atoms with van der Waals surface area (Å²) in [5.74, 6) is -1.49. The smallest absolute Gasteiger partial charge is 0.237 e. The Balaban J connectivity index is 0. The molecule has 0 saturated carbocycles. The molecule has 0 aliphatic heterocycles. The number of hydrogen-bond acceptors (Lipinski definition) is 9. The average molecular weight is 779 g/mol. The van der Waals surface area contributed by atoms with Crippen molar-refractivity contribution in [2.45, 2.75) is 128 Å². The minimum absolute atomic E-state index is 0.0239. The van der Waals surface area contributed by atoms with Gasteiger partial charge in [0, 0.05) is 29.6 Å². The molecule has 0 aromatic rings. The van der Waals surface area contributed by atoms with Gasteiger partial charge in [-0.1, -0.05) is 60.4 Å². The molecule has 2 amide bonds. The summed E-state index contributed by atoms with van der Waals surface area (Å²) < 4.78 is 1.08. The zero-order chi connectivity index (χ0) is 36.0. The zero-order valence-electron chi connectivity index (χ0n) is 30.2. The monoisotopic (exact) mass is 778 g/mol. The van der Waals surface area contributed by atoms with E-state index in [9.17, 15) is 24.0 Å². The SMILES string of the molecule is C=C(C)CI.CNCCCC[C@H](NC)C(=O)CCCCC[C@H](NC(=O)[C@H](CCCCNC)NC)C(=O)CC(CCCC(C)=O)C(N)=O. The maximum Gasteiger partial charge on any atom is 0.237 e. The number of halogens is 1. The van der Waals surface area contributed by atoms with Crippen molar-refractivity contribution in [1.29, 1.82) is 0 Å². The molecular formula is C35H67IN6O5. The number of hydrogen-bond donors (Lipinski definition) is 6. The maximum atomic E-state index is 13.4. The quantitative estimate of drug-likeness (QED) is 0.0275. The van der Waals surface area contributed by atoms with Crippen LogP contribution in [0.25, 0.3) is 0 Å². The van der Waals surface area contributed by atoms with Crippen LogP contribution >= 0.6 is 22.6 Å². The van der Waals surface area contributed by atoms with Crippen molar-refractivity contribution in [2.24, 2.45) is 11.7 Å². The van der Waals surface area contributed by atoms with Gasteiger partial charge in [0.15, 0.2) is 5.78 Å². The van der Waals surface area contributed by atoms with Crippen molar-refractivity contribution in [3.8, 4) is 0 Å². The molecule has 7 N–H and O–H groups in total. The third kappa shape index (κ3) is 26.8. The van der Waals surface area contributed by atoms with Gasteiger partial charge in [0.1, 0.15) is 11.6 Å². The number of amides is 2. The number of carbonyl (C=O) groups is 5. The van der Waals surface area contributed by atoms with Crippen molar-refractivity contribution < 1.29 is 24.0 Å². The molecular weight excluding hydrogens is 711 g/mol. The Morgan fingerprint density at radius 2 is 1.17 bits per heavy atom. The highest BCUT2D eigenvalue weighted by Crippen LogP contribution is 2.18. The van der Waals surface area contributed by atoms with Crippen LogP contribution in [0.3, 0.4) is 0 Å². The summed E-state index contributed by atoms with van der Waals surface area (Å²) in [6, 6.07) is -1.31. The molecule has 12 heteroatoms. The molecule has 0 aromatic heterocycles. The van der Waals surface area contributed by atoms with Gasteiger partial charge in [-0.2, -0.15) is 0 Å². The second kappa shape index (κ2) is 31.5. The summed E-state index contributed by atoms with van der Waals surface area (Å²) in [5.41, 5.74) is 6.82. The molecule has 0 aliphatic carbocycles. The molecule has 274 valence electrons. The summed E-state index contributed by atoms with van der Waals surface area (Å²) in [6.45, 7) is 8.98. The second-order valence-corrected chi connectivity index (χ2v) is 13.2. The van der Waals surface area contributed by atoms with E-state index < -0.39 is 23.9 Å². The van der Waals surface area contributed by atoms with Gasteiger partial charge in [0.2, 0.25) is 11.8 Å². The first kappa shape index (κ1) is 47.4. The number of allylic oxidation sites excluding steroid dienone is 1.